The van der Waals surface area contributed by atoms with Crippen LogP contribution in [-0.4, -0.2) is 51.9 Å². The van der Waals surface area contributed by atoms with Gasteiger partial charge in [-0.2, -0.15) is 0 Å². The van der Waals surface area contributed by atoms with Crippen molar-refractivity contribution in [2.24, 2.45) is 0 Å². The van der Waals surface area contributed by atoms with E-state index in [4.69, 9.17) is 4.74 Å². The van der Waals surface area contributed by atoms with Crippen LogP contribution in [0.1, 0.15) is 12.0 Å². The topological polar surface area (TPSA) is 75.7 Å². The van der Waals surface area contributed by atoms with Crippen molar-refractivity contribution < 1.29 is 17.9 Å². The molecule has 1 aromatic carbocycles. The van der Waals surface area contributed by atoms with Gasteiger partial charge in [0, 0.05) is 26.5 Å². The molecule has 2 amide bonds. The molecule has 1 N–H and O–H groups in total. The summed E-state index contributed by atoms with van der Waals surface area (Å²) in [6.45, 7) is 1.63. The fourth-order valence-corrected chi connectivity index (χ4v) is 2.78. The van der Waals surface area contributed by atoms with Crippen molar-refractivity contribution in [3.8, 4) is 0 Å². The average Bonchev–Trinajstić information content (AvgIpc) is 2.97. The maximum Gasteiger partial charge on any atom is 0.317 e. The van der Waals surface area contributed by atoms with Crippen LogP contribution in [0.3, 0.4) is 0 Å². The van der Waals surface area contributed by atoms with Crippen molar-refractivity contribution >= 4 is 15.9 Å². The highest BCUT2D eigenvalue weighted by Gasteiger charge is 2.23. The second kappa shape index (κ2) is 6.44. The Hall–Kier alpha value is -1.60. The molecule has 1 aromatic rings. The SMILES string of the molecule is CN(C(=O)NCc1ccc(S(C)(=O)=O)cc1)C1CCOC1. The molecule has 6 nitrogen and oxygen atoms in total. The minimum absolute atomic E-state index is 0.123. The Balaban J connectivity index is 1.89. The zero-order valence-corrected chi connectivity index (χ0v) is 13.0. The zero-order chi connectivity index (χ0) is 15.5. The normalized spacial score (nSPS) is 18.5. The third-order valence-corrected chi connectivity index (χ3v) is 4.70. The Bertz CT molecular complexity index is 592. The Morgan fingerprint density at radius 3 is 2.57 bits per heavy atom. The van der Waals surface area contributed by atoms with Gasteiger partial charge in [0.2, 0.25) is 0 Å². The lowest BCUT2D eigenvalue weighted by atomic mass is 10.2. The first kappa shape index (κ1) is 15.8. The molecule has 1 heterocycles. The van der Waals surface area contributed by atoms with Crippen LogP contribution in [0.15, 0.2) is 29.2 Å². The Morgan fingerprint density at radius 1 is 1.38 bits per heavy atom. The maximum atomic E-state index is 12.0. The van der Waals surface area contributed by atoms with Crippen molar-refractivity contribution in [1.29, 1.82) is 0 Å². The van der Waals surface area contributed by atoms with Crippen LogP contribution >= 0.6 is 0 Å². The predicted molar refractivity (Wildman–Crippen MR) is 78.8 cm³/mol. The van der Waals surface area contributed by atoms with E-state index in [1.807, 2.05) is 0 Å². The molecular formula is C14H20N2O4S. The number of amides is 2. The van der Waals surface area contributed by atoms with Gasteiger partial charge in [-0.05, 0) is 24.1 Å². The number of rotatable bonds is 4. The number of urea groups is 1. The summed E-state index contributed by atoms with van der Waals surface area (Å²) in [7, 11) is -1.43. The number of nitrogens with one attached hydrogen (secondary N) is 1. The second-order valence-electron chi connectivity index (χ2n) is 5.20. The molecule has 21 heavy (non-hydrogen) atoms. The van der Waals surface area contributed by atoms with E-state index in [2.05, 4.69) is 5.32 Å². The molecule has 0 aromatic heterocycles. The van der Waals surface area contributed by atoms with E-state index in [9.17, 15) is 13.2 Å². The lowest BCUT2D eigenvalue weighted by Crippen LogP contribution is -2.43. The first-order valence-corrected chi connectivity index (χ1v) is 8.64. The van der Waals surface area contributed by atoms with Crippen LogP contribution in [0.2, 0.25) is 0 Å². The number of hydrogen-bond donors (Lipinski definition) is 1. The number of carbonyl (C=O) groups excluding carboxylic acids is 1. The molecule has 1 unspecified atom stereocenters. The van der Waals surface area contributed by atoms with E-state index in [0.717, 1.165) is 12.0 Å². The number of carbonyl (C=O) groups is 1. The van der Waals surface area contributed by atoms with Crippen LogP contribution in [-0.2, 0) is 21.1 Å². The van der Waals surface area contributed by atoms with E-state index >= 15 is 0 Å². The minimum atomic E-state index is -3.18. The largest absolute Gasteiger partial charge is 0.379 e. The molecule has 0 radical (unpaired) electrons. The lowest BCUT2D eigenvalue weighted by molar-refractivity contribution is 0.158. The Labute approximate surface area is 125 Å². The van der Waals surface area contributed by atoms with Gasteiger partial charge in [0.05, 0.1) is 17.5 Å². The Kier molecular flexibility index (Phi) is 4.84. The molecule has 1 fully saturated rings. The van der Waals surface area contributed by atoms with E-state index in [1.54, 1.807) is 36.2 Å². The van der Waals surface area contributed by atoms with Gasteiger partial charge < -0.3 is 15.0 Å². The monoisotopic (exact) mass is 312 g/mol. The maximum absolute atomic E-state index is 12.0. The predicted octanol–water partition coefficient (Wildman–Crippen LogP) is 1.02. The average molecular weight is 312 g/mol. The summed E-state index contributed by atoms with van der Waals surface area (Å²) in [4.78, 5) is 13.9. The van der Waals surface area contributed by atoms with Gasteiger partial charge in [0.25, 0.3) is 0 Å². The highest BCUT2D eigenvalue weighted by atomic mass is 32.2. The van der Waals surface area contributed by atoms with Gasteiger partial charge in [-0.1, -0.05) is 12.1 Å². The highest BCUT2D eigenvalue weighted by molar-refractivity contribution is 7.90. The fraction of sp³-hybridized carbons (Fsp3) is 0.500. The second-order valence-corrected chi connectivity index (χ2v) is 7.22. The molecule has 0 saturated carbocycles. The molecule has 7 heteroatoms. The van der Waals surface area contributed by atoms with E-state index < -0.39 is 9.84 Å². The summed E-state index contributed by atoms with van der Waals surface area (Å²) >= 11 is 0. The standard InChI is InChI=1S/C14H20N2O4S/c1-16(12-7-8-20-10-12)14(17)15-9-11-3-5-13(6-4-11)21(2,18)19/h3-6,12H,7-10H2,1-2H3,(H,15,17). The molecule has 0 aliphatic carbocycles. The van der Waals surface area contributed by atoms with E-state index in [1.165, 1.54) is 6.26 Å². The quantitative estimate of drug-likeness (QED) is 0.900. The van der Waals surface area contributed by atoms with Crippen molar-refractivity contribution in [2.45, 2.75) is 23.9 Å². The van der Waals surface area contributed by atoms with Crippen molar-refractivity contribution in [3.63, 3.8) is 0 Å². The molecular weight excluding hydrogens is 292 g/mol. The number of ether oxygens (including phenoxy) is 1. The number of nitrogens with zero attached hydrogens (tertiary/aromatic N) is 1. The van der Waals surface area contributed by atoms with Gasteiger partial charge in [-0.3, -0.25) is 0 Å². The third-order valence-electron chi connectivity index (χ3n) is 3.57. The molecule has 1 aliphatic heterocycles. The van der Waals surface area contributed by atoms with Crippen molar-refractivity contribution in [2.75, 3.05) is 26.5 Å². The number of benzene rings is 1. The molecule has 1 aliphatic rings. The van der Waals surface area contributed by atoms with Crippen LogP contribution in [0.4, 0.5) is 4.79 Å². The first-order valence-electron chi connectivity index (χ1n) is 6.75. The lowest BCUT2D eigenvalue weighted by Gasteiger charge is -2.23. The molecule has 0 bridgehead atoms. The van der Waals surface area contributed by atoms with Crippen molar-refractivity contribution in [1.82, 2.24) is 10.2 Å². The summed E-state index contributed by atoms with van der Waals surface area (Å²) in [5.41, 5.74) is 0.854. The highest BCUT2D eigenvalue weighted by Crippen LogP contribution is 2.12. The molecule has 2 rings (SSSR count). The minimum Gasteiger partial charge on any atom is -0.379 e. The summed E-state index contributed by atoms with van der Waals surface area (Å²) < 4.78 is 28.0. The van der Waals surface area contributed by atoms with Crippen LogP contribution in [0.25, 0.3) is 0 Å². The van der Waals surface area contributed by atoms with Gasteiger partial charge in [-0.25, -0.2) is 13.2 Å². The van der Waals surface area contributed by atoms with Crippen LogP contribution < -0.4 is 5.32 Å². The van der Waals surface area contributed by atoms with Gasteiger partial charge in [0.15, 0.2) is 9.84 Å². The molecule has 1 saturated heterocycles. The van der Waals surface area contributed by atoms with Crippen molar-refractivity contribution in [3.05, 3.63) is 29.8 Å². The van der Waals surface area contributed by atoms with Gasteiger partial charge in [0.1, 0.15) is 0 Å². The third kappa shape index (κ3) is 4.18. The zero-order valence-electron chi connectivity index (χ0n) is 12.2. The number of likely N-dealkylation sites (N-methyl/N-ethyl adjacent to an activating group) is 1. The van der Waals surface area contributed by atoms with Gasteiger partial charge in [-0.15, -0.1) is 0 Å². The van der Waals surface area contributed by atoms with Crippen LogP contribution in [0.5, 0.6) is 0 Å². The number of sulfone groups is 1. The summed E-state index contributed by atoms with van der Waals surface area (Å²) in [5, 5.41) is 2.82. The summed E-state index contributed by atoms with van der Waals surface area (Å²) in [5.74, 6) is 0. The van der Waals surface area contributed by atoms with Gasteiger partial charge >= 0.3 is 6.03 Å². The molecule has 116 valence electrons. The van der Waals surface area contributed by atoms with E-state index in [-0.39, 0.29) is 17.0 Å². The molecule has 1 atom stereocenters. The molecule has 0 spiro atoms. The van der Waals surface area contributed by atoms with E-state index in [0.29, 0.717) is 19.8 Å². The smallest absolute Gasteiger partial charge is 0.317 e. The number of hydrogen-bond acceptors (Lipinski definition) is 4. The first-order chi connectivity index (χ1) is 9.88. The summed E-state index contributed by atoms with van der Waals surface area (Å²) in [6.07, 6.45) is 2.02. The Morgan fingerprint density at radius 2 is 2.05 bits per heavy atom. The fourth-order valence-electron chi connectivity index (χ4n) is 2.15. The summed E-state index contributed by atoms with van der Waals surface area (Å²) in [6, 6.07) is 6.47. The van der Waals surface area contributed by atoms with Crippen LogP contribution in [0, 0.1) is 0 Å².